The van der Waals surface area contributed by atoms with Crippen molar-refractivity contribution in [2.45, 2.75) is 34.2 Å². The predicted molar refractivity (Wildman–Crippen MR) is 97.0 cm³/mol. The van der Waals surface area contributed by atoms with E-state index in [0.717, 1.165) is 17.9 Å². The van der Waals surface area contributed by atoms with Crippen LogP contribution in [-0.2, 0) is 11.3 Å². The second-order valence-electron chi connectivity index (χ2n) is 6.19. The van der Waals surface area contributed by atoms with Gasteiger partial charge in [-0.05, 0) is 44.9 Å². The molecule has 25 heavy (non-hydrogen) atoms. The summed E-state index contributed by atoms with van der Waals surface area (Å²) in [5.74, 6) is 1.36. The zero-order valence-corrected chi connectivity index (χ0v) is 15.4. The number of carbonyl (C=O) groups excluding carboxylic acids is 1. The summed E-state index contributed by atoms with van der Waals surface area (Å²) in [7, 11) is 0. The van der Waals surface area contributed by atoms with Gasteiger partial charge >= 0.3 is 0 Å². The van der Waals surface area contributed by atoms with Crippen LogP contribution in [0.3, 0.4) is 0 Å². The topological polar surface area (TPSA) is 65.4 Å². The number of rotatable bonds is 9. The molecule has 1 N–H and O–H groups in total. The Morgan fingerprint density at radius 3 is 2.52 bits per heavy atom. The molecule has 1 aromatic carbocycles. The minimum absolute atomic E-state index is 0.0310. The molecular formula is C19H27N3O3. The Morgan fingerprint density at radius 1 is 1.24 bits per heavy atom. The fourth-order valence-electron chi connectivity index (χ4n) is 2.55. The minimum Gasteiger partial charge on any atom is -0.490 e. The molecule has 6 heteroatoms. The van der Waals surface area contributed by atoms with E-state index in [0.29, 0.717) is 24.7 Å². The lowest BCUT2D eigenvalue weighted by Crippen LogP contribution is -2.33. The van der Waals surface area contributed by atoms with E-state index in [9.17, 15) is 4.79 Å². The number of aryl methyl sites for hydroxylation is 2. The van der Waals surface area contributed by atoms with Gasteiger partial charge in [-0.1, -0.05) is 19.1 Å². The van der Waals surface area contributed by atoms with Crippen LogP contribution in [0.5, 0.6) is 11.5 Å². The summed E-state index contributed by atoms with van der Waals surface area (Å²) in [6.07, 6.45) is 0. The van der Waals surface area contributed by atoms with Crippen molar-refractivity contribution in [3.63, 3.8) is 0 Å². The standard InChI is InChI=1S/C19H27N3O3/c1-5-24-17-8-6-7-9-18(17)25-13-19(23)20-11-14(2)12-22-16(4)10-15(3)21-22/h6-10,14H,5,11-13H2,1-4H3,(H,20,23)/t14-/m0/s1. The number of para-hydroxylation sites is 2. The largest absolute Gasteiger partial charge is 0.490 e. The lowest BCUT2D eigenvalue weighted by molar-refractivity contribution is -0.123. The summed E-state index contributed by atoms with van der Waals surface area (Å²) >= 11 is 0. The minimum atomic E-state index is -0.147. The van der Waals surface area contributed by atoms with Gasteiger partial charge in [-0.3, -0.25) is 9.48 Å². The average molecular weight is 345 g/mol. The van der Waals surface area contributed by atoms with Gasteiger partial charge < -0.3 is 14.8 Å². The van der Waals surface area contributed by atoms with Gasteiger partial charge in [0.25, 0.3) is 5.91 Å². The molecule has 1 heterocycles. The van der Waals surface area contributed by atoms with Gasteiger partial charge in [0, 0.05) is 18.8 Å². The first-order valence-corrected chi connectivity index (χ1v) is 8.62. The van der Waals surface area contributed by atoms with Crippen molar-refractivity contribution < 1.29 is 14.3 Å². The van der Waals surface area contributed by atoms with Crippen molar-refractivity contribution in [3.8, 4) is 11.5 Å². The van der Waals surface area contributed by atoms with E-state index >= 15 is 0 Å². The molecule has 0 unspecified atom stereocenters. The highest BCUT2D eigenvalue weighted by molar-refractivity contribution is 5.77. The van der Waals surface area contributed by atoms with Crippen LogP contribution >= 0.6 is 0 Å². The third kappa shape index (κ3) is 5.81. The summed E-state index contributed by atoms with van der Waals surface area (Å²) in [5.41, 5.74) is 2.14. The van der Waals surface area contributed by atoms with Crippen molar-refractivity contribution in [1.82, 2.24) is 15.1 Å². The first kappa shape index (κ1) is 18.8. The van der Waals surface area contributed by atoms with Crippen molar-refractivity contribution in [3.05, 3.63) is 41.7 Å². The lowest BCUT2D eigenvalue weighted by atomic mass is 10.2. The molecule has 1 aromatic heterocycles. The Balaban J connectivity index is 1.76. The molecule has 1 atom stereocenters. The van der Waals surface area contributed by atoms with Crippen LogP contribution in [0.4, 0.5) is 0 Å². The molecule has 0 aliphatic carbocycles. The lowest BCUT2D eigenvalue weighted by Gasteiger charge is -2.15. The van der Waals surface area contributed by atoms with Gasteiger partial charge in [-0.15, -0.1) is 0 Å². The second-order valence-corrected chi connectivity index (χ2v) is 6.19. The second kappa shape index (κ2) is 9.11. The first-order valence-electron chi connectivity index (χ1n) is 8.62. The van der Waals surface area contributed by atoms with Gasteiger partial charge in [0.15, 0.2) is 18.1 Å². The first-order chi connectivity index (χ1) is 12.0. The van der Waals surface area contributed by atoms with Crippen LogP contribution < -0.4 is 14.8 Å². The van der Waals surface area contributed by atoms with E-state index in [1.807, 2.05) is 43.7 Å². The highest BCUT2D eigenvalue weighted by Crippen LogP contribution is 2.26. The van der Waals surface area contributed by atoms with E-state index in [2.05, 4.69) is 23.4 Å². The van der Waals surface area contributed by atoms with Crippen molar-refractivity contribution in [2.24, 2.45) is 5.92 Å². The molecule has 136 valence electrons. The van der Waals surface area contributed by atoms with Gasteiger partial charge in [-0.2, -0.15) is 5.10 Å². The number of carbonyl (C=O) groups is 1. The molecule has 1 amide bonds. The smallest absolute Gasteiger partial charge is 0.257 e. The number of hydrogen-bond acceptors (Lipinski definition) is 4. The highest BCUT2D eigenvalue weighted by Gasteiger charge is 2.11. The molecule has 0 spiro atoms. The fraction of sp³-hybridized carbons (Fsp3) is 0.474. The molecule has 0 saturated heterocycles. The van der Waals surface area contributed by atoms with Crippen molar-refractivity contribution >= 4 is 5.91 Å². The number of benzene rings is 1. The molecule has 2 rings (SSSR count). The monoisotopic (exact) mass is 345 g/mol. The average Bonchev–Trinajstić information content (AvgIpc) is 2.89. The van der Waals surface area contributed by atoms with Gasteiger partial charge in [0.05, 0.1) is 12.3 Å². The maximum atomic E-state index is 12.0. The number of nitrogens with zero attached hydrogens (tertiary/aromatic N) is 2. The van der Waals surface area contributed by atoms with Crippen LogP contribution in [0, 0.1) is 19.8 Å². The molecule has 6 nitrogen and oxygen atoms in total. The number of nitrogens with one attached hydrogen (secondary N) is 1. The summed E-state index contributed by atoms with van der Waals surface area (Å²) in [5, 5.41) is 7.35. The Morgan fingerprint density at radius 2 is 1.92 bits per heavy atom. The zero-order valence-electron chi connectivity index (χ0n) is 15.4. The Kier molecular flexibility index (Phi) is 6.86. The molecular weight excluding hydrogens is 318 g/mol. The van der Waals surface area contributed by atoms with Gasteiger partial charge in [-0.25, -0.2) is 0 Å². The Hall–Kier alpha value is -2.50. The Labute approximate surface area is 149 Å². The van der Waals surface area contributed by atoms with Crippen LogP contribution in [-0.4, -0.2) is 35.4 Å². The van der Waals surface area contributed by atoms with Gasteiger partial charge in [0.2, 0.25) is 0 Å². The number of ether oxygens (including phenoxy) is 2. The molecule has 0 aliphatic heterocycles. The SMILES string of the molecule is CCOc1ccccc1OCC(=O)NC[C@H](C)Cn1nc(C)cc1C. The van der Waals surface area contributed by atoms with E-state index in [-0.39, 0.29) is 18.4 Å². The highest BCUT2D eigenvalue weighted by atomic mass is 16.5. The maximum absolute atomic E-state index is 12.0. The van der Waals surface area contributed by atoms with Gasteiger partial charge in [0.1, 0.15) is 0 Å². The van der Waals surface area contributed by atoms with Crippen molar-refractivity contribution in [1.29, 1.82) is 0 Å². The molecule has 0 fully saturated rings. The summed E-state index contributed by atoms with van der Waals surface area (Å²) in [6, 6.07) is 9.40. The third-order valence-corrected chi connectivity index (χ3v) is 3.74. The van der Waals surface area contributed by atoms with E-state index in [1.54, 1.807) is 6.07 Å². The number of hydrogen-bond donors (Lipinski definition) is 1. The van der Waals surface area contributed by atoms with Crippen LogP contribution in [0.15, 0.2) is 30.3 Å². The van der Waals surface area contributed by atoms with Crippen LogP contribution in [0.25, 0.3) is 0 Å². The summed E-state index contributed by atoms with van der Waals surface area (Å²) < 4.78 is 13.0. The van der Waals surface area contributed by atoms with Crippen LogP contribution in [0.2, 0.25) is 0 Å². The predicted octanol–water partition coefficient (Wildman–Crippen LogP) is 2.73. The Bertz CT molecular complexity index is 697. The van der Waals surface area contributed by atoms with E-state index in [1.165, 1.54) is 0 Å². The molecule has 2 aromatic rings. The zero-order chi connectivity index (χ0) is 18.2. The van der Waals surface area contributed by atoms with E-state index in [4.69, 9.17) is 9.47 Å². The van der Waals surface area contributed by atoms with Crippen LogP contribution in [0.1, 0.15) is 25.2 Å². The molecule has 0 radical (unpaired) electrons. The summed E-state index contributed by atoms with van der Waals surface area (Å²) in [6.45, 7) is 9.88. The quantitative estimate of drug-likeness (QED) is 0.759. The third-order valence-electron chi connectivity index (χ3n) is 3.74. The van der Waals surface area contributed by atoms with Crippen molar-refractivity contribution in [2.75, 3.05) is 19.8 Å². The normalized spacial score (nSPS) is 11.8. The fourth-order valence-corrected chi connectivity index (χ4v) is 2.55. The number of amides is 1. The molecule has 0 saturated carbocycles. The molecule has 0 bridgehead atoms. The van der Waals surface area contributed by atoms with E-state index < -0.39 is 0 Å². The summed E-state index contributed by atoms with van der Waals surface area (Å²) in [4.78, 5) is 12.0. The molecule has 0 aliphatic rings. The number of aromatic nitrogens is 2. The maximum Gasteiger partial charge on any atom is 0.257 e.